The summed E-state index contributed by atoms with van der Waals surface area (Å²) in [5.41, 5.74) is 3.66. The normalized spacial score (nSPS) is 13.9. The minimum absolute atomic E-state index is 0.0166. The fourth-order valence-electron chi connectivity index (χ4n) is 3.60. The number of aromatic amines is 1. The third kappa shape index (κ3) is 3.14. The Morgan fingerprint density at radius 1 is 1.21 bits per heavy atom. The van der Waals surface area contributed by atoms with Crippen LogP contribution < -0.4 is 4.74 Å². The van der Waals surface area contributed by atoms with E-state index in [9.17, 15) is 4.79 Å². The van der Waals surface area contributed by atoms with Crippen molar-refractivity contribution in [1.29, 1.82) is 0 Å². The second-order valence-electron chi connectivity index (χ2n) is 7.45. The molecule has 1 fully saturated rings. The molecule has 2 heterocycles. The van der Waals surface area contributed by atoms with Gasteiger partial charge in [0.15, 0.2) is 6.61 Å². The number of carbonyl (C=O) groups is 1. The molecule has 0 atom stereocenters. The maximum Gasteiger partial charge on any atom is 0.202 e. The number of halogens is 1. The van der Waals surface area contributed by atoms with Gasteiger partial charge in [-0.25, -0.2) is 0 Å². The van der Waals surface area contributed by atoms with E-state index < -0.39 is 0 Å². The highest BCUT2D eigenvalue weighted by molar-refractivity contribution is 6.31. The van der Waals surface area contributed by atoms with E-state index in [1.54, 1.807) is 12.4 Å². The van der Waals surface area contributed by atoms with Gasteiger partial charge in [0.1, 0.15) is 5.75 Å². The quantitative estimate of drug-likeness (QED) is 0.437. The van der Waals surface area contributed by atoms with Crippen molar-refractivity contribution in [2.75, 3.05) is 6.61 Å². The zero-order valence-corrected chi connectivity index (χ0v) is 16.2. The molecular weight excluding hydrogens is 372 g/mol. The maximum atomic E-state index is 12.8. The first-order valence-corrected chi connectivity index (χ1v) is 9.79. The Labute approximate surface area is 167 Å². The Morgan fingerprint density at radius 3 is 2.89 bits per heavy atom. The minimum atomic E-state index is -0.0668. The number of ketones is 1. The van der Waals surface area contributed by atoms with Crippen molar-refractivity contribution in [3.63, 3.8) is 0 Å². The van der Waals surface area contributed by atoms with Crippen LogP contribution in [-0.2, 0) is 0 Å². The van der Waals surface area contributed by atoms with Crippen LogP contribution >= 0.6 is 11.6 Å². The molecule has 1 N–H and O–H groups in total. The van der Waals surface area contributed by atoms with E-state index >= 15 is 0 Å². The number of pyridine rings is 1. The van der Waals surface area contributed by atoms with Crippen LogP contribution in [0.5, 0.6) is 5.75 Å². The van der Waals surface area contributed by atoms with E-state index in [2.05, 4.69) is 16.0 Å². The molecule has 0 unspecified atom stereocenters. The number of hydrogen-bond acceptors (Lipinski definition) is 3. The largest absolute Gasteiger partial charge is 0.485 e. The van der Waals surface area contributed by atoms with E-state index in [4.69, 9.17) is 16.3 Å². The lowest BCUT2D eigenvalue weighted by Gasteiger charge is -2.10. The zero-order valence-electron chi connectivity index (χ0n) is 15.5. The van der Waals surface area contributed by atoms with Gasteiger partial charge < -0.3 is 9.72 Å². The number of fused-ring (bicyclic) bond motifs is 2. The second kappa shape index (κ2) is 6.64. The molecule has 0 aliphatic heterocycles. The third-order valence-electron chi connectivity index (χ3n) is 5.34. The Bertz CT molecular complexity index is 1220. The Kier molecular flexibility index (Phi) is 4.09. The lowest BCUT2D eigenvalue weighted by Crippen LogP contribution is -2.11. The van der Waals surface area contributed by atoms with Crippen molar-refractivity contribution in [1.82, 2.24) is 9.97 Å². The third-order valence-corrected chi connectivity index (χ3v) is 5.57. The molecule has 5 rings (SSSR count). The standard InChI is InChI=1S/C23H19ClN2O2/c1-13-6-16-7-17(24)5-4-15(16)8-23(13)28-12-22(27)19-11-26-21-9-20(14-2-3-14)25-10-18(19)21/h4-11,14,26H,2-3,12H2,1H3. The zero-order chi connectivity index (χ0) is 19.3. The Hall–Kier alpha value is -2.85. The van der Waals surface area contributed by atoms with Gasteiger partial charge in [0.2, 0.25) is 5.78 Å². The summed E-state index contributed by atoms with van der Waals surface area (Å²) in [5, 5.41) is 3.63. The number of benzene rings is 2. The topological polar surface area (TPSA) is 55.0 Å². The van der Waals surface area contributed by atoms with Gasteiger partial charge in [-0.1, -0.05) is 17.7 Å². The van der Waals surface area contributed by atoms with Crippen LogP contribution in [0.1, 0.15) is 40.4 Å². The highest BCUT2D eigenvalue weighted by Gasteiger charge is 2.25. The average Bonchev–Trinajstić information content (AvgIpc) is 3.45. The van der Waals surface area contributed by atoms with Crippen LogP contribution in [0.25, 0.3) is 21.7 Å². The summed E-state index contributed by atoms with van der Waals surface area (Å²) < 4.78 is 5.86. The van der Waals surface area contributed by atoms with Gasteiger partial charge in [-0.2, -0.15) is 0 Å². The highest BCUT2D eigenvalue weighted by Crippen LogP contribution is 2.39. The molecular formula is C23H19ClN2O2. The van der Waals surface area contributed by atoms with Crippen molar-refractivity contribution in [2.24, 2.45) is 0 Å². The first-order chi connectivity index (χ1) is 13.6. The molecule has 0 bridgehead atoms. The molecule has 0 spiro atoms. The fourth-order valence-corrected chi connectivity index (χ4v) is 3.78. The van der Waals surface area contributed by atoms with Crippen LogP contribution in [0, 0.1) is 6.92 Å². The van der Waals surface area contributed by atoms with Gasteiger partial charge in [-0.3, -0.25) is 9.78 Å². The van der Waals surface area contributed by atoms with Gasteiger partial charge >= 0.3 is 0 Å². The van der Waals surface area contributed by atoms with Crippen LogP contribution in [0.3, 0.4) is 0 Å². The van der Waals surface area contributed by atoms with Gasteiger partial charge in [-0.05, 0) is 66.4 Å². The molecule has 1 saturated carbocycles. The number of nitrogens with zero attached hydrogens (tertiary/aromatic N) is 1. The SMILES string of the molecule is Cc1cc2cc(Cl)ccc2cc1OCC(=O)c1c[nH]c2cc(C3CC3)ncc12. The first kappa shape index (κ1) is 17.3. The van der Waals surface area contributed by atoms with Crippen molar-refractivity contribution in [3.8, 4) is 5.75 Å². The lowest BCUT2D eigenvalue weighted by molar-refractivity contribution is 0.0923. The van der Waals surface area contributed by atoms with Gasteiger partial charge in [0.25, 0.3) is 0 Å². The van der Waals surface area contributed by atoms with Crippen molar-refractivity contribution >= 4 is 39.1 Å². The monoisotopic (exact) mass is 390 g/mol. The molecule has 5 heteroatoms. The summed E-state index contributed by atoms with van der Waals surface area (Å²) in [6, 6.07) is 11.8. The summed E-state index contributed by atoms with van der Waals surface area (Å²) in [7, 11) is 0. The van der Waals surface area contributed by atoms with E-state index in [0.717, 1.165) is 32.9 Å². The van der Waals surface area contributed by atoms with E-state index in [1.165, 1.54) is 12.8 Å². The number of Topliss-reactive ketones (excluding diaryl/α,β-unsaturated/α-hetero) is 1. The fraction of sp³-hybridized carbons (Fsp3) is 0.217. The minimum Gasteiger partial charge on any atom is -0.485 e. The number of carbonyl (C=O) groups excluding carboxylic acids is 1. The van der Waals surface area contributed by atoms with E-state index in [-0.39, 0.29) is 12.4 Å². The summed E-state index contributed by atoms with van der Waals surface area (Å²) in [6.07, 6.45) is 5.97. The highest BCUT2D eigenvalue weighted by atomic mass is 35.5. The van der Waals surface area contributed by atoms with E-state index in [0.29, 0.717) is 22.3 Å². The molecule has 0 radical (unpaired) electrons. The van der Waals surface area contributed by atoms with Crippen LogP contribution in [0.2, 0.25) is 5.02 Å². The Morgan fingerprint density at radius 2 is 2.07 bits per heavy atom. The number of hydrogen-bond donors (Lipinski definition) is 1. The smallest absolute Gasteiger partial charge is 0.202 e. The number of H-pyrrole nitrogens is 1. The number of nitrogens with one attached hydrogen (secondary N) is 1. The maximum absolute atomic E-state index is 12.8. The number of rotatable bonds is 5. The molecule has 0 amide bonds. The van der Waals surface area contributed by atoms with Gasteiger partial charge in [0, 0.05) is 45.5 Å². The van der Waals surface area contributed by atoms with Crippen molar-refractivity contribution in [3.05, 3.63) is 70.6 Å². The summed E-state index contributed by atoms with van der Waals surface area (Å²) in [4.78, 5) is 20.5. The van der Waals surface area contributed by atoms with Gasteiger partial charge in [-0.15, -0.1) is 0 Å². The molecule has 2 aromatic carbocycles. The molecule has 4 nitrogen and oxygen atoms in total. The predicted molar refractivity (Wildman–Crippen MR) is 112 cm³/mol. The first-order valence-electron chi connectivity index (χ1n) is 9.41. The molecule has 4 aromatic rings. The lowest BCUT2D eigenvalue weighted by atomic mass is 10.1. The molecule has 1 aliphatic rings. The predicted octanol–water partition coefficient (Wildman–Crippen LogP) is 5.82. The molecule has 2 aromatic heterocycles. The van der Waals surface area contributed by atoms with E-state index in [1.807, 2.05) is 37.3 Å². The van der Waals surface area contributed by atoms with Crippen molar-refractivity contribution in [2.45, 2.75) is 25.7 Å². The second-order valence-corrected chi connectivity index (χ2v) is 7.89. The average molecular weight is 391 g/mol. The molecule has 1 aliphatic carbocycles. The number of aryl methyl sites for hydroxylation is 1. The summed E-state index contributed by atoms with van der Waals surface area (Å²) in [5.74, 6) is 1.22. The number of ether oxygens (including phenoxy) is 1. The molecule has 0 saturated heterocycles. The molecule has 28 heavy (non-hydrogen) atoms. The number of aromatic nitrogens is 2. The summed E-state index contributed by atoms with van der Waals surface area (Å²) in [6.45, 7) is 1.95. The van der Waals surface area contributed by atoms with Crippen LogP contribution in [-0.4, -0.2) is 22.4 Å². The van der Waals surface area contributed by atoms with Crippen LogP contribution in [0.4, 0.5) is 0 Å². The van der Waals surface area contributed by atoms with Crippen LogP contribution in [0.15, 0.2) is 48.8 Å². The summed E-state index contributed by atoms with van der Waals surface area (Å²) >= 11 is 6.06. The Balaban J connectivity index is 1.37. The van der Waals surface area contributed by atoms with Gasteiger partial charge in [0.05, 0.1) is 0 Å². The van der Waals surface area contributed by atoms with Crippen molar-refractivity contribution < 1.29 is 9.53 Å². The molecule has 140 valence electrons.